The standard InChI is InChI=1S/C13H17F4N3/c1-3-8(2)19-4-6-20(7-5-19)11-9(14)12(16)18-13(17)10(11)15/h8H,3-7H2,1-2H3. The highest BCUT2D eigenvalue weighted by molar-refractivity contribution is 5.49. The first-order chi connectivity index (χ1) is 9.45. The smallest absolute Gasteiger partial charge is 0.253 e. The van der Waals surface area contributed by atoms with Crippen molar-refractivity contribution in [2.45, 2.75) is 26.3 Å². The van der Waals surface area contributed by atoms with Gasteiger partial charge < -0.3 is 4.90 Å². The minimum absolute atomic E-state index is 0.321. The molecule has 3 nitrogen and oxygen atoms in total. The van der Waals surface area contributed by atoms with Crippen molar-refractivity contribution in [2.24, 2.45) is 0 Å². The maximum absolute atomic E-state index is 13.6. The lowest BCUT2D eigenvalue weighted by atomic mass is 10.2. The van der Waals surface area contributed by atoms with E-state index in [9.17, 15) is 17.6 Å². The van der Waals surface area contributed by atoms with E-state index in [4.69, 9.17) is 0 Å². The number of hydrogen-bond acceptors (Lipinski definition) is 3. The molecule has 1 unspecified atom stereocenters. The minimum Gasteiger partial charge on any atom is -0.364 e. The van der Waals surface area contributed by atoms with Crippen LogP contribution < -0.4 is 4.90 Å². The van der Waals surface area contributed by atoms with Crippen molar-refractivity contribution in [3.8, 4) is 0 Å². The number of halogens is 4. The third-order valence-corrected chi connectivity index (χ3v) is 3.82. The average molecular weight is 291 g/mol. The van der Waals surface area contributed by atoms with Crippen molar-refractivity contribution >= 4 is 5.69 Å². The van der Waals surface area contributed by atoms with Crippen LogP contribution in [-0.2, 0) is 0 Å². The van der Waals surface area contributed by atoms with Gasteiger partial charge in [-0.2, -0.15) is 22.5 Å². The highest BCUT2D eigenvalue weighted by Gasteiger charge is 2.28. The Hall–Kier alpha value is -1.37. The first-order valence-corrected chi connectivity index (χ1v) is 6.64. The number of anilines is 1. The van der Waals surface area contributed by atoms with Gasteiger partial charge in [0.2, 0.25) is 11.6 Å². The summed E-state index contributed by atoms with van der Waals surface area (Å²) < 4.78 is 53.5. The van der Waals surface area contributed by atoms with Crippen LogP contribution in [0.15, 0.2) is 0 Å². The Labute approximate surface area is 115 Å². The van der Waals surface area contributed by atoms with Gasteiger partial charge in [-0.3, -0.25) is 4.90 Å². The predicted molar refractivity (Wildman–Crippen MR) is 67.6 cm³/mol. The quantitative estimate of drug-likeness (QED) is 0.630. The van der Waals surface area contributed by atoms with Gasteiger partial charge in [0, 0.05) is 32.2 Å². The fourth-order valence-electron chi connectivity index (χ4n) is 2.40. The topological polar surface area (TPSA) is 19.4 Å². The highest BCUT2D eigenvalue weighted by atomic mass is 19.2. The zero-order valence-corrected chi connectivity index (χ0v) is 11.5. The SMILES string of the molecule is CCC(C)N1CCN(c2c(F)c(F)nc(F)c2F)CC1. The van der Waals surface area contributed by atoms with Gasteiger partial charge in [-0.15, -0.1) is 0 Å². The third-order valence-electron chi connectivity index (χ3n) is 3.82. The van der Waals surface area contributed by atoms with Crippen LogP contribution >= 0.6 is 0 Å². The summed E-state index contributed by atoms with van der Waals surface area (Å²) in [6.07, 6.45) is 0.973. The number of pyridine rings is 1. The lowest BCUT2D eigenvalue weighted by Crippen LogP contribution is -2.50. The zero-order chi connectivity index (χ0) is 14.9. The molecule has 0 spiro atoms. The molecule has 1 aliphatic rings. The molecule has 1 aliphatic heterocycles. The molecule has 2 heterocycles. The first-order valence-electron chi connectivity index (χ1n) is 6.64. The van der Waals surface area contributed by atoms with E-state index in [1.165, 1.54) is 4.90 Å². The fraction of sp³-hybridized carbons (Fsp3) is 0.615. The van der Waals surface area contributed by atoms with Crippen molar-refractivity contribution < 1.29 is 17.6 Å². The number of nitrogens with zero attached hydrogens (tertiary/aromatic N) is 3. The molecule has 20 heavy (non-hydrogen) atoms. The van der Waals surface area contributed by atoms with E-state index in [0.29, 0.717) is 32.2 Å². The molecule has 1 fully saturated rings. The van der Waals surface area contributed by atoms with Gasteiger partial charge in [0.25, 0.3) is 11.9 Å². The molecular formula is C13H17F4N3. The van der Waals surface area contributed by atoms with Gasteiger partial charge in [0.15, 0.2) is 0 Å². The van der Waals surface area contributed by atoms with Crippen LogP contribution in [0, 0.1) is 23.5 Å². The van der Waals surface area contributed by atoms with E-state index < -0.39 is 29.2 Å². The Balaban J connectivity index is 2.19. The monoisotopic (exact) mass is 291 g/mol. The zero-order valence-electron chi connectivity index (χ0n) is 11.5. The summed E-state index contributed by atoms with van der Waals surface area (Å²) >= 11 is 0. The van der Waals surface area contributed by atoms with Crippen LogP contribution in [0.25, 0.3) is 0 Å². The molecule has 112 valence electrons. The first kappa shape index (κ1) is 15.0. The summed E-state index contributed by atoms with van der Waals surface area (Å²) in [7, 11) is 0. The Bertz CT molecular complexity index is 461. The summed E-state index contributed by atoms with van der Waals surface area (Å²) in [5.41, 5.74) is -0.654. The van der Waals surface area contributed by atoms with Gasteiger partial charge in [-0.1, -0.05) is 6.92 Å². The molecule has 1 aromatic heterocycles. The Morgan fingerprint density at radius 3 is 1.95 bits per heavy atom. The van der Waals surface area contributed by atoms with Gasteiger partial charge >= 0.3 is 0 Å². The maximum Gasteiger partial charge on any atom is 0.253 e. The second kappa shape index (κ2) is 5.95. The van der Waals surface area contributed by atoms with Crippen molar-refractivity contribution in [2.75, 3.05) is 31.1 Å². The van der Waals surface area contributed by atoms with Crippen LogP contribution in [0.5, 0.6) is 0 Å². The van der Waals surface area contributed by atoms with Crippen LogP contribution in [-0.4, -0.2) is 42.1 Å². The molecule has 0 amide bonds. The molecule has 0 bridgehead atoms. The lowest BCUT2D eigenvalue weighted by Gasteiger charge is -2.38. The third kappa shape index (κ3) is 2.72. The lowest BCUT2D eigenvalue weighted by molar-refractivity contribution is 0.191. The van der Waals surface area contributed by atoms with Crippen molar-refractivity contribution in [3.05, 3.63) is 23.5 Å². The molecule has 1 aromatic rings. The molecule has 0 N–H and O–H groups in total. The van der Waals surface area contributed by atoms with Crippen molar-refractivity contribution in [1.29, 1.82) is 0 Å². The van der Waals surface area contributed by atoms with Gasteiger partial charge in [-0.05, 0) is 13.3 Å². The van der Waals surface area contributed by atoms with E-state index >= 15 is 0 Å². The minimum atomic E-state index is -1.61. The second-order valence-corrected chi connectivity index (χ2v) is 4.95. The number of hydrogen-bond donors (Lipinski definition) is 0. The molecule has 1 atom stereocenters. The second-order valence-electron chi connectivity index (χ2n) is 4.95. The molecule has 7 heteroatoms. The van der Waals surface area contributed by atoms with Crippen molar-refractivity contribution in [1.82, 2.24) is 9.88 Å². The molecule has 0 aromatic carbocycles. The average Bonchev–Trinajstić information content (AvgIpc) is 2.45. The van der Waals surface area contributed by atoms with Crippen molar-refractivity contribution in [3.63, 3.8) is 0 Å². The number of rotatable bonds is 3. The summed E-state index contributed by atoms with van der Waals surface area (Å²) in [5, 5.41) is 0. The van der Waals surface area contributed by atoms with E-state index in [2.05, 4.69) is 23.7 Å². The normalized spacial score (nSPS) is 18.4. The van der Waals surface area contributed by atoms with Gasteiger partial charge in [0.05, 0.1) is 0 Å². The summed E-state index contributed by atoms with van der Waals surface area (Å²) in [6, 6.07) is 0.373. The van der Waals surface area contributed by atoms with E-state index in [1.807, 2.05) is 0 Å². The Morgan fingerprint density at radius 1 is 1.00 bits per heavy atom. The van der Waals surface area contributed by atoms with Gasteiger partial charge in [0.1, 0.15) is 5.69 Å². The highest BCUT2D eigenvalue weighted by Crippen LogP contribution is 2.27. The van der Waals surface area contributed by atoms with Crippen LogP contribution in [0.2, 0.25) is 0 Å². The molecule has 0 saturated carbocycles. The Morgan fingerprint density at radius 2 is 1.50 bits per heavy atom. The summed E-state index contributed by atoms with van der Waals surface area (Å²) in [5.74, 6) is -6.08. The molecule has 0 aliphatic carbocycles. The molecule has 0 radical (unpaired) electrons. The van der Waals surface area contributed by atoms with E-state index in [0.717, 1.165) is 6.42 Å². The largest absolute Gasteiger partial charge is 0.364 e. The summed E-state index contributed by atoms with van der Waals surface area (Å²) in [4.78, 5) is 6.08. The number of piperazine rings is 1. The molecule has 2 rings (SSSR count). The fourth-order valence-corrected chi connectivity index (χ4v) is 2.40. The maximum atomic E-state index is 13.6. The van der Waals surface area contributed by atoms with Crippen LogP contribution in [0.4, 0.5) is 23.2 Å². The molecular weight excluding hydrogens is 274 g/mol. The Kier molecular flexibility index (Phi) is 4.47. The predicted octanol–water partition coefficient (Wildman–Crippen LogP) is 2.56. The van der Waals surface area contributed by atoms with E-state index in [1.54, 1.807) is 0 Å². The van der Waals surface area contributed by atoms with Gasteiger partial charge in [-0.25, -0.2) is 0 Å². The summed E-state index contributed by atoms with van der Waals surface area (Å²) in [6.45, 7) is 5.97. The number of aromatic nitrogens is 1. The van der Waals surface area contributed by atoms with E-state index in [-0.39, 0.29) is 0 Å². The molecule has 1 saturated heterocycles. The van der Waals surface area contributed by atoms with Crippen LogP contribution in [0.3, 0.4) is 0 Å². The van der Waals surface area contributed by atoms with Crippen LogP contribution in [0.1, 0.15) is 20.3 Å².